The Morgan fingerprint density at radius 1 is 1.43 bits per heavy atom. The standard InChI is InChI=1S/C9H18N2O2S/c1-3-6-9(4-2)14(12,13)11-8-5-7-10/h9,11H,3-6,8H2,1-2H3. The van der Waals surface area contributed by atoms with E-state index in [1.165, 1.54) is 0 Å². The van der Waals surface area contributed by atoms with Crippen LogP contribution in [0.1, 0.15) is 39.5 Å². The minimum absolute atomic E-state index is 0.221. The number of hydrogen-bond acceptors (Lipinski definition) is 3. The van der Waals surface area contributed by atoms with Gasteiger partial charge in [-0.05, 0) is 12.8 Å². The molecule has 0 aromatic rings. The van der Waals surface area contributed by atoms with Gasteiger partial charge in [-0.2, -0.15) is 5.26 Å². The molecule has 0 heterocycles. The van der Waals surface area contributed by atoms with Crippen LogP contribution in [0.3, 0.4) is 0 Å². The van der Waals surface area contributed by atoms with Gasteiger partial charge in [0.25, 0.3) is 0 Å². The Balaban J connectivity index is 4.21. The Bertz CT molecular complexity index is 280. The van der Waals surface area contributed by atoms with Gasteiger partial charge in [0.05, 0.1) is 11.3 Å². The number of nitrogens with zero attached hydrogens (tertiary/aromatic N) is 1. The highest BCUT2D eigenvalue weighted by Crippen LogP contribution is 2.10. The second-order valence-electron chi connectivity index (χ2n) is 3.17. The fourth-order valence-electron chi connectivity index (χ4n) is 1.27. The van der Waals surface area contributed by atoms with Crippen molar-refractivity contribution in [3.63, 3.8) is 0 Å². The lowest BCUT2D eigenvalue weighted by Gasteiger charge is -2.14. The summed E-state index contributed by atoms with van der Waals surface area (Å²) in [5.41, 5.74) is 0. The molecular formula is C9H18N2O2S. The Kier molecular flexibility index (Phi) is 6.50. The van der Waals surface area contributed by atoms with Crippen LogP contribution in [0, 0.1) is 11.3 Å². The molecule has 5 heteroatoms. The fourth-order valence-corrected chi connectivity index (χ4v) is 2.87. The lowest BCUT2D eigenvalue weighted by atomic mass is 10.2. The molecule has 0 bridgehead atoms. The van der Waals surface area contributed by atoms with Gasteiger partial charge in [-0.3, -0.25) is 0 Å². The zero-order chi connectivity index (χ0) is 11.0. The van der Waals surface area contributed by atoms with E-state index in [0.717, 1.165) is 6.42 Å². The van der Waals surface area contributed by atoms with Crippen LogP contribution >= 0.6 is 0 Å². The SMILES string of the molecule is CCCC(CC)S(=O)(=O)NCCC#N. The molecule has 0 radical (unpaired) electrons. The van der Waals surface area contributed by atoms with Crippen molar-refractivity contribution in [2.24, 2.45) is 0 Å². The first kappa shape index (κ1) is 13.4. The average Bonchev–Trinajstić information content (AvgIpc) is 2.14. The third kappa shape index (κ3) is 4.58. The number of rotatable bonds is 7. The van der Waals surface area contributed by atoms with Crippen molar-refractivity contribution in [1.82, 2.24) is 4.72 Å². The molecule has 0 aliphatic heterocycles. The first-order valence-electron chi connectivity index (χ1n) is 4.93. The molecule has 0 aliphatic rings. The van der Waals surface area contributed by atoms with Crippen molar-refractivity contribution in [1.29, 1.82) is 5.26 Å². The molecule has 0 aromatic carbocycles. The van der Waals surface area contributed by atoms with Gasteiger partial charge in [0.15, 0.2) is 0 Å². The minimum atomic E-state index is -3.21. The molecule has 0 saturated heterocycles. The summed E-state index contributed by atoms with van der Waals surface area (Å²) in [6, 6.07) is 1.90. The average molecular weight is 218 g/mol. The Morgan fingerprint density at radius 3 is 2.50 bits per heavy atom. The molecule has 0 spiro atoms. The lowest BCUT2D eigenvalue weighted by molar-refractivity contribution is 0.550. The summed E-state index contributed by atoms with van der Waals surface area (Å²) >= 11 is 0. The Morgan fingerprint density at radius 2 is 2.07 bits per heavy atom. The van der Waals surface area contributed by atoms with Gasteiger partial charge >= 0.3 is 0 Å². The van der Waals surface area contributed by atoms with Crippen LogP contribution in [-0.2, 0) is 10.0 Å². The van der Waals surface area contributed by atoms with Gasteiger partial charge in [0, 0.05) is 13.0 Å². The molecule has 0 fully saturated rings. The molecular weight excluding hydrogens is 200 g/mol. The molecule has 1 N–H and O–H groups in total. The van der Waals surface area contributed by atoms with Gasteiger partial charge in [-0.1, -0.05) is 20.3 Å². The third-order valence-electron chi connectivity index (χ3n) is 2.04. The number of sulfonamides is 1. The van der Waals surface area contributed by atoms with E-state index in [2.05, 4.69) is 4.72 Å². The predicted octanol–water partition coefficient (Wildman–Crippen LogP) is 1.40. The van der Waals surface area contributed by atoms with E-state index in [9.17, 15) is 8.42 Å². The van der Waals surface area contributed by atoms with Crippen LogP contribution in [0.4, 0.5) is 0 Å². The monoisotopic (exact) mass is 218 g/mol. The highest BCUT2D eigenvalue weighted by atomic mass is 32.2. The number of hydrogen-bond donors (Lipinski definition) is 1. The van der Waals surface area contributed by atoms with Crippen molar-refractivity contribution in [3.05, 3.63) is 0 Å². The second-order valence-corrected chi connectivity index (χ2v) is 5.21. The quantitative estimate of drug-likeness (QED) is 0.657. The van der Waals surface area contributed by atoms with E-state index >= 15 is 0 Å². The maximum Gasteiger partial charge on any atom is 0.214 e. The van der Waals surface area contributed by atoms with Crippen LogP contribution in [0.5, 0.6) is 0 Å². The number of nitrogens with one attached hydrogen (secondary N) is 1. The largest absolute Gasteiger partial charge is 0.214 e. The van der Waals surface area contributed by atoms with Crippen LogP contribution in [-0.4, -0.2) is 20.2 Å². The zero-order valence-corrected chi connectivity index (χ0v) is 9.60. The van der Waals surface area contributed by atoms with E-state index in [-0.39, 0.29) is 18.2 Å². The van der Waals surface area contributed by atoms with Gasteiger partial charge in [0.2, 0.25) is 10.0 Å². The number of nitriles is 1. The van der Waals surface area contributed by atoms with Crippen molar-refractivity contribution in [2.75, 3.05) is 6.54 Å². The topological polar surface area (TPSA) is 70.0 Å². The van der Waals surface area contributed by atoms with E-state index in [4.69, 9.17) is 5.26 Å². The van der Waals surface area contributed by atoms with Crippen LogP contribution in [0.2, 0.25) is 0 Å². The molecule has 0 saturated carbocycles. The summed E-state index contributed by atoms with van der Waals surface area (Å²) in [6.45, 7) is 4.05. The predicted molar refractivity (Wildman–Crippen MR) is 56.1 cm³/mol. The third-order valence-corrected chi connectivity index (χ3v) is 4.10. The molecule has 82 valence electrons. The highest BCUT2D eigenvalue weighted by Gasteiger charge is 2.21. The van der Waals surface area contributed by atoms with Crippen molar-refractivity contribution >= 4 is 10.0 Å². The summed E-state index contributed by atoms with van der Waals surface area (Å²) in [4.78, 5) is 0. The van der Waals surface area contributed by atoms with Crippen molar-refractivity contribution in [2.45, 2.75) is 44.8 Å². The maximum absolute atomic E-state index is 11.6. The molecule has 0 aliphatic carbocycles. The highest BCUT2D eigenvalue weighted by molar-refractivity contribution is 7.90. The minimum Gasteiger partial charge on any atom is -0.214 e. The van der Waals surface area contributed by atoms with Gasteiger partial charge in [0.1, 0.15) is 0 Å². The lowest BCUT2D eigenvalue weighted by Crippen LogP contribution is -2.34. The molecule has 1 unspecified atom stereocenters. The summed E-state index contributed by atoms with van der Waals surface area (Å²) < 4.78 is 25.7. The van der Waals surface area contributed by atoms with Gasteiger partial charge in [-0.25, -0.2) is 13.1 Å². The smallest absolute Gasteiger partial charge is 0.214 e. The molecule has 0 aromatic heterocycles. The summed E-state index contributed by atoms with van der Waals surface area (Å²) in [6.07, 6.45) is 2.38. The maximum atomic E-state index is 11.6. The molecule has 0 amide bonds. The normalized spacial score (nSPS) is 13.5. The molecule has 4 nitrogen and oxygen atoms in total. The van der Waals surface area contributed by atoms with E-state index in [0.29, 0.717) is 12.8 Å². The van der Waals surface area contributed by atoms with Gasteiger partial charge < -0.3 is 0 Å². The van der Waals surface area contributed by atoms with E-state index in [1.54, 1.807) is 0 Å². The Labute approximate surface area is 86.4 Å². The van der Waals surface area contributed by atoms with Gasteiger partial charge in [-0.15, -0.1) is 0 Å². The second kappa shape index (κ2) is 6.80. The molecule has 14 heavy (non-hydrogen) atoms. The summed E-state index contributed by atoms with van der Waals surface area (Å²) in [5, 5.41) is 7.96. The van der Waals surface area contributed by atoms with E-state index < -0.39 is 10.0 Å². The Hall–Kier alpha value is -0.600. The first-order chi connectivity index (χ1) is 6.58. The van der Waals surface area contributed by atoms with Crippen LogP contribution in [0.15, 0.2) is 0 Å². The molecule has 1 atom stereocenters. The fraction of sp³-hybridized carbons (Fsp3) is 0.889. The zero-order valence-electron chi connectivity index (χ0n) is 8.78. The van der Waals surface area contributed by atoms with Crippen LogP contribution < -0.4 is 4.72 Å². The van der Waals surface area contributed by atoms with E-state index in [1.807, 2.05) is 19.9 Å². The first-order valence-corrected chi connectivity index (χ1v) is 6.48. The van der Waals surface area contributed by atoms with Crippen molar-refractivity contribution in [3.8, 4) is 6.07 Å². The summed E-state index contributed by atoms with van der Waals surface area (Å²) in [7, 11) is -3.21. The molecule has 0 rings (SSSR count). The van der Waals surface area contributed by atoms with Crippen LogP contribution in [0.25, 0.3) is 0 Å². The summed E-state index contributed by atoms with van der Waals surface area (Å²) in [5.74, 6) is 0. The van der Waals surface area contributed by atoms with Crippen molar-refractivity contribution < 1.29 is 8.42 Å².